The summed E-state index contributed by atoms with van der Waals surface area (Å²) in [7, 11) is 10.1. The van der Waals surface area contributed by atoms with E-state index >= 15 is 0 Å². The lowest BCUT2D eigenvalue weighted by Crippen LogP contribution is -2.48. The van der Waals surface area contributed by atoms with Crippen LogP contribution < -0.4 is 20.3 Å². The molecule has 2 aliphatic rings. The van der Waals surface area contributed by atoms with E-state index in [-0.39, 0.29) is 6.35 Å². The number of anilines is 1. The van der Waals surface area contributed by atoms with Crippen LogP contribution in [0.3, 0.4) is 0 Å². The van der Waals surface area contributed by atoms with E-state index in [1.807, 2.05) is 39.4 Å². The zero-order valence-electron chi connectivity index (χ0n) is 26.8. The molecule has 3 heterocycles. The van der Waals surface area contributed by atoms with Gasteiger partial charge in [-0.2, -0.15) is 0 Å². The van der Waals surface area contributed by atoms with Crippen LogP contribution in [0, 0.1) is 0 Å². The van der Waals surface area contributed by atoms with Crippen molar-refractivity contribution in [2.24, 2.45) is 0 Å². The molecule has 9 heteroatoms. The van der Waals surface area contributed by atoms with Gasteiger partial charge in [-0.15, -0.1) is 0 Å². The molecule has 2 N–H and O–H groups in total. The third-order valence-corrected chi connectivity index (χ3v) is 7.59. The van der Waals surface area contributed by atoms with Crippen LogP contribution in [0.2, 0.25) is 0 Å². The average Bonchev–Trinajstić information content (AvgIpc) is 3.31. The minimum absolute atomic E-state index is 0.321. The SMILES string of the molecule is C=Cc1cc(Cc2ccc3c(c2)N(C)C(NC(/C=C\C)=C/C(=C/Cl)CN2CCN(CCN(C)C)CC2)O3)ccn1.CNC. The number of aromatic nitrogens is 1. The van der Waals surface area contributed by atoms with Gasteiger partial charge >= 0.3 is 0 Å². The Bertz CT molecular complexity index is 1250. The number of benzene rings is 1. The van der Waals surface area contributed by atoms with Crippen molar-refractivity contribution in [2.45, 2.75) is 19.7 Å². The first-order chi connectivity index (χ1) is 20.8. The fourth-order valence-electron chi connectivity index (χ4n) is 4.99. The van der Waals surface area contributed by atoms with Crippen molar-refractivity contribution in [2.75, 3.05) is 86.0 Å². The maximum absolute atomic E-state index is 6.31. The first-order valence-electron chi connectivity index (χ1n) is 15.0. The van der Waals surface area contributed by atoms with Crippen molar-refractivity contribution in [3.63, 3.8) is 0 Å². The Hall–Kier alpha value is -3.14. The molecule has 8 nitrogen and oxygen atoms in total. The molecule has 234 valence electrons. The second-order valence-corrected chi connectivity index (χ2v) is 11.4. The topological polar surface area (TPSA) is 59.1 Å². The van der Waals surface area contributed by atoms with E-state index < -0.39 is 0 Å². The van der Waals surface area contributed by atoms with Crippen molar-refractivity contribution in [1.29, 1.82) is 0 Å². The molecule has 1 aromatic heterocycles. The lowest BCUT2D eigenvalue weighted by atomic mass is 10.0. The predicted molar refractivity (Wildman–Crippen MR) is 183 cm³/mol. The highest BCUT2D eigenvalue weighted by molar-refractivity contribution is 6.25. The maximum Gasteiger partial charge on any atom is 0.251 e. The van der Waals surface area contributed by atoms with Gasteiger partial charge < -0.3 is 25.2 Å². The molecule has 2 aliphatic heterocycles. The largest absolute Gasteiger partial charge is 0.450 e. The Kier molecular flexibility index (Phi) is 14.3. The van der Waals surface area contributed by atoms with Crippen LogP contribution >= 0.6 is 11.6 Å². The first kappa shape index (κ1) is 34.4. The summed E-state index contributed by atoms with van der Waals surface area (Å²) in [6, 6.07) is 10.5. The van der Waals surface area contributed by atoms with Crippen LogP contribution in [-0.4, -0.2) is 107 Å². The Labute approximate surface area is 264 Å². The number of nitrogens with one attached hydrogen (secondary N) is 2. The Morgan fingerprint density at radius 1 is 1.12 bits per heavy atom. The smallest absolute Gasteiger partial charge is 0.251 e. The fraction of sp³-hybridized carbons (Fsp3) is 0.441. The van der Waals surface area contributed by atoms with Crippen molar-refractivity contribution in [3.8, 4) is 5.75 Å². The van der Waals surface area contributed by atoms with Gasteiger partial charge in [0.05, 0.1) is 11.4 Å². The second-order valence-electron chi connectivity index (χ2n) is 11.2. The van der Waals surface area contributed by atoms with Gasteiger partial charge in [0.15, 0.2) is 0 Å². The summed E-state index contributed by atoms with van der Waals surface area (Å²) < 4.78 is 6.30. The number of nitrogens with zero attached hydrogens (tertiary/aromatic N) is 5. The minimum Gasteiger partial charge on any atom is -0.450 e. The number of likely N-dealkylation sites (N-methyl/N-ethyl adjacent to an activating group) is 1. The van der Waals surface area contributed by atoms with Crippen molar-refractivity contribution < 1.29 is 4.74 Å². The number of hydrogen-bond donors (Lipinski definition) is 2. The van der Waals surface area contributed by atoms with Crippen molar-refractivity contribution >= 4 is 23.4 Å². The molecule has 0 saturated carbocycles. The Morgan fingerprint density at radius 2 is 1.81 bits per heavy atom. The lowest BCUT2D eigenvalue weighted by Gasteiger charge is -2.35. The number of piperazine rings is 1. The highest BCUT2D eigenvalue weighted by Gasteiger charge is 2.28. The van der Waals surface area contributed by atoms with E-state index in [2.05, 4.69) is 99.4 Å². The number of pyridine rings is 1. The first-order valence-corrected chi connectivity index (χ1v) is 15.4. The molecule has 1 atom stereocenters. The quantitative estimate of drug-likeness (QED) is 0.339. The van der Waals surface area contributed by atoms with Gasteiger partial charge in [0.1, 0.15) is 5.75 Å². The molecule has 1 aromatic carbocycles. The normalized spacial score (nSPS) is 18.0. The van der Waals surface area contributed by atoms with Crippen LogP contribution in [0.1, 0.15) is 23.7 Å². The van der Waals surface area contributed by atoms with Gasteiger partial charge in [0.2, 0.25) is 0 Å². The van der Waals surface area contributed by atoms with Crippen LogP contribution in [0.15, 0.2) is 78.1 Å². The molecule has 0 aliphatic carbocycles. The van der Waals surface area contributed by atoms with Gasteiger partial charge in [0, 0.05) is 70.3 Å². The highest BCUT2D eigenvalue weighted by Crippen LogP contribution is 2.37. The molecule has 2 aromatic rings. The molecule has 1 unspecified atom stereocenters. The molecular weight excluding hydrogens is 558 g/mol. The zero-order chi connectivity index (χ0) is 31.2. The third kappa shape index (κ3) is 10.8. The predicted octanol–water partition coefficient (Wildman–Crippen LogP) is 4.61. The maximum atomic E-state index is 6.31. The third-order valence-electron chi connectivity index (χ3n) is 7.31. The lowest BCUT2D eigenvalue weighted by molar-refractivity contribution is 0.133. The van der Waals surface area contributed by atoms with Gasteiger partial charge in [-0.25, -0.2) is 0 Å². The standard InChI is InChI=1S/C32H43ClN6O.C2H7N/c1-6-8-29(21-27(23-33)24-39-17-15-38(16-18-39)14-13-36(3)4)35-32-37(5)30-22-25(9-10-31(30)40-32)19-26-11-12-34-28(7-2)20-26;1-3-2/h6-12,20-23,32,35H,2,13-19,24H2,1,3-5H3;3H,1-2H3/b8-6-,27-23-,29-21+;. The van der Waals surface area contributed by atoms with E-state index in [4.69, 9.17) is 16.3 Å². The van der Waals surface area contributed by atoms with E-state index in [1.165, 1.54) is 11.1 Å². The molecule has 1 fully saturated rings. The molecule has 0 bridgehead atoms. The zero-order valence-corrected chi connectivity index (χ0v) is 27.6. The number of fused-ring (bicyclic) bond motifs is 1. The monoisotopic (exact) mass is 607 g/mol. The van der Waals surface area contributed by atoms with Crippen LogP contribution in [0.5, 0.6) is 5.75 Å². The molecular formula is C34H50ClN7O. The Morgan fingerprint density at radius 3 is 2.47 bits per heavy atom. The average molecular weight is 608 g/mol. The van der Waals surface area contributed by atoms with E-state index in [0.717, 1.165) is 80.6 Å². The molecule has 4 rings (SSSR count). The van der Waals surface area contributed by atoms with Crippen LogP contribution in [-0.2, 0) is 6.42 Å². The van der Waals surface area contributed by atoms with E-state index in [1.54, 1.807) is 11.6 Å². The summed E-state index contributed by atoms with van der Waals surface area (Å²) in [6.45, 7) is 13.1. The molecule has 0 amide bonds. The van der Waals surface area contributed by atoms with Gasteiger partial charge in [-0.1, -0.05) is 30.3 Å². The minimum atomic E-state index is -0.321. The van der Waals surface area contributed by atoms with Crippen LogP contribution in [0.4, 0.5) is 5.69 Å². The molecule has 0 radical (unpaired) electrons. The number of halogens is 1. The summed E-state index contributed by atoms with van der Waals surface area (Å²) in [4.78, 5) is 13.7. The molecule has 1 saturated heterocycles. The van der Waals surface area contributed by atoms with Crippen molar-refractivity contribution in [1.82, 2.24) is 30.3 Å². The van der Waals surface area contributed by atoms with Crippen LogP contribution in [0.25, 0.3) is 6.08 Å². The molecule has 43 heavy (non-hydrogen) atoms. The van der Waals surface area contributed by atoms with Gasteiger partial charge in [0.25, 0.3) is 6.35 Å². The van der Waals surface area contributed by atoms with E-state index in [9.17, 15) is 0 Å². The summed E-state index contributed by atoms with van der Waals surface area (Å²) in [5, 5.41) is 6.31. The summed E-state index contributed by atoms with van der Waals surface area (Å²) >= 11 is 6.31. The highest BCUT2D eigenvalue weighted by atomic mass is 35.5. The van der Waals surface area contributed by atoms with Crippen molar-refractivity contribution in [3.05, 3.63) is 95.0 Å². The van der Waals surface area contributed by atoms with Gasteiger partial charge in [-0.05, 0) is 101 Å². The number of ether oxygens (including phenoxy) is 1. The second kappa shape index (κ2) is 17.9. The Balaban J connectivity index is 0.00000162. The number of rotatable bonds is 12. The number of allylic oxidation sites excluding steroid dienone is 2. The summed E-state index contributed by atoms with van der Waals surface area (Å²) in [5.41, 5.74) is 8.09. The summed E-state index contributed by atoms with van der Waals surface area (Å²) in [6.07, 6.45) is 10.3. The summed E-state index contributed by atoms with van der Waals surface area (Å²) in [5.74, 6) is 0.866. The van der Waals surface area contributed by atoms with E-state index in [0.29, 0.717) is 0 Å². The fourth-order valence-corrected chi connectivity index (χ4v) is 5.13. The molecule has 0 spiro atoms. The number of hydrogen-bond acceptors (Lipinski definition) is 8. The van der Waals surface area contributed by atoms with Gasteiger partial charge in [-0.3, -0.25) is 14.8 Å².